The molecule has 1 aliphatic heterocycles. The Balaban J connectivity index is 1.41. The van der Waals surface area contributed by atoms with Crippen molar-refractivity contribution in [3.05, 3.63) is 63.6 Å². The average Bonchev–Trinajstić information content (AvgIpc) is 3.31. The smallest absolute Gasteiger partial charge is 0.321 e. The van der Waals surface area contributed by atoms with Gasteiger partial charge in [-0.2, -0.15) is 0 Å². The van der Waals surface area contributed by atoms with E-state index in [-0.39, 0.29) is 17.9 Å². The van der Waals surface area contributed by atoms with Crippen LogP contribution in [0.1, 0.15) is 44.7 Å². The van der Waals surface area contributed by atoms with Gasteiger partial charge in [-0.1, -0.05) is 35.6 Å². The van der Waals surface area contributed by atoms with Gasteiger partial charge in [0.05, 0.1) is 12.8 Å². The minimum absolute atomic E-state index is 0.0430. The second-order valence-electron chi connectivity index (χ2n) is 8.13. The van der Waals surface area contributed by atoms with Gasteiger partial charge in [0.1, 0.15) is 10.8 Å². The van der Waals surface area contributed by atoms with Crippen LogP contribution < -0.4 is 15.4 Å². The lowest BCUT2D eigenvalue weighted by Gasteiger charge is -2.31. The molecule has 1 fully saturated rings. The predicted molar refractivity (Wildman–Crippen MR) is 129 cm³/mol. The highest BCUT2D eigenvalue weighted by Gasteiger charge is 2.28. The molecule has 3 aromatic rings. The van der Waals surface area contributed by atoms with Crippen LogP contribution >= 0.6 is 11.3 Å². The minimum atomic E-state index is -0.273. The molecule has 0 saturated carbocycles. The van der Waals surface area contributed by atoms with Gasteiger partial charge >= 0.3 is 6.03 Å². The van der Waals surface area contributed by atoms with E-state index in [2.05, 4.69) is 20.8 Å². The van der Waals surface area contributed by atoms with E-state index in [1.54, 1.807) is 12.0 Å². The van der Waals surface area contributed by atoms with Gasteiger partial charge in [0.2, 0.25) is 5.01 Å². The number of likely N-dealkylation sites (tertiary alicyclic amines) is 1. The number of nitrogens with one attached hydrogen (secondary N) is 2. The molecule has 0 aliphatic carbocycles. The van der Waals surface area contributed by atoms with Crippen LogP contribution in [0.25, 0.3) is 0 Å². The van der Waals surface area contributed by atoms with E-state index < -0.39 is 0 Å². The SMILES string of the molecule is COc1ccc(C)cc1NC(=O)N1CCC[C@@H](c2nnc(C(=O)Nc3ccccc3C)s2)C1. The number of ether oxygens (including phenoxy) is 1. The number of hydrogen-bond donors (Lipinski definition) is 2. The number of piperidine rings is 1. The molecule has 1 saturated heterocycles. The Labute approximate surface area is 197 Å². The molecule has 0 bridgehead atoms. The number of hydrogen-bond acceptors (Lipinski definition) is 6. The van der Waals surface area contributed by atoms with Crippen molar-refractivity contribution in [3.8, 4) is 5.75 Å². The van der Waals surface area contributed by atoms with Crippen molar-refractivity contribution in [1.82, 2.24) is 15.1 Å². The zero-order chi connectivity index (χ0) is 23.4. The fourth-order valence-corrected chi connectivity index (χ4v) is 4.72. The highest BCUT2D eigenvalue weighted by molar-refractivity contribution is 7.13. The fourth-order valence-electron chi connectivity index (χ4n) is 3.86. The number of carbonyl (C=O) groups is 2. The normalized spacial score (nSPS) is 15.7. The summed E-state index contributed by atoms with van der Waals surface area (Å²) in [6, 6.07) is 13.1. The Hall–Kier alpha value is -3.46. The highest BCUT2D eigenvalue weighted by Crippen LogP contribution is 2.31. The monoisotopic (exact) mass is 465 g/mol. The van der Waals surface area contributed by atoms with Gasteiger partial charge in [0.25, 0.3) is 5.91 Å². The molecule has 0 unspecified atom stereocenters. The summed E-state index contributed by atoms with van der Waals surface area (Å²) in [5.74, 6) is 0.391. The van der Waals surface area contributed by atoms with Gasteiger partial charge in [-0.05, 0) is 56.0 Å². The largest absolute Gasteiger partial charge is 0.495 e. The molecule has 1 aromatic heterocycles. The van der Waals surface area contributed by atoms with Crippen molar-refractivity contribution < 1.29 is 14.3 Å². The van der Waals surface area contributed by atoms with Gasteiger partial charge in [0.15, 0.2) is 0 Å². The number of methoxy groups -OCH3 is 1. The quantitative estimate of drug-likeness (QED) is 0.563. The van der Waals surface area contributed by atoms with Crippen LogP contribution in [0, 0.1) is 13.8 Å². The maximum atomic E-state index is 12.9. The molecule has 3 amide bonds. The Morgan fingerprint density at radius 3 is 2.70 bits per heavy atom. The molecule has 2 heterocycles. The first-order valence-corrected chi connectivity index (χ1v) is 11.7. The van der Waals surface area contributed by atoms with Crippen molar-refractivity contribution >= 4 is 34.6 Å². The van der Waals surface area contributed by atoms with Crippen LogP contribution in [0.4, 0.5) is 16.2 Å². The maximum absolute atomic E-state index is 12.9. The Morgan fingerprint density at radius 1 is 1.09 bits per heavy atom. The molecule has 0 spiro atoms. The van der Waals surface area contributed by atoms with Crippen molar-refractivity contribution in [2.45, 2.75) is 32.6 Å². The lowest BCUT2D eigenvalue weighted by atomic mass is 9.99. The van der Waals surface area contributed by atoms with Crippen molar-refractivity contribution in [3.63, 3.8) is 0 Å². The summed E-state index contributed by atoms with van der Waals surface area (Å²) in [7, 11) is 1.58. The minimum Gasteiger partial charge on any atom is -0.495 e. The first-order chi connectivity index (χ1) is 15.9. The molecule has 2 N–H and O–H groups in total. The van der Waals surface area contributed by atoms with Crippen LogP contribution in [0.3, 0.4) is 0 Å². The van der Waals surface area contributed by atoms with E-state index in [9.17, 15) is 9.59 Å². The Bertz CT molecular complexity index is 1160. The summed E-state index contributed by atoms with van der Waals surface area (Å²) in [5.41, 5.74) is 3.42. The molecule has 33 heavy (non-hydrogen) atoms. The lowest BCUT2D eigenvalue weighted by Crippen LogP contribution is -2.41. The van der Waals surface area contributed by atoms with Crippen LogP contribution in [0.2, 0.25) is 0 Å². The number of nitrogens with zero attached hydrogens (tertiary/aromatic N) is 3. The molecule has 2 aromatic carbocycles. The molecule has 4 rings (SSSR count). The Kier molecular flexibility index (Phi) is 6.88. The first-order valence-electron chi connectivity index (χ1n) is 10.9. The van der Waals surface area contributed by atoms with Crippen molar-refractivity contribution in [2.24, 2.45) is 0 Å². The maximum Gasteiger partial charge on any atom is 0.321 e. The highest BCUT2D eigenvalue weighted by atomic mass is 32.1. The second kappa shape index (κ2) is 9.99. The van der Waals surface area contributed by atoms with Crippen molar-refractivity contribution in [1.29, 1.82) is 0 Å². The third-order valence-corrected chi connectivity index (χ3v) is 6.77. The van der Waals surface area contributed by atoms with E-state index in [1.165, 1.54) is 11.3 Å². The van der Waals surface area contributed by atoms with E-state index in [0.29, 0.717) is 29.5 Å². The summed E-state index contributed by atoms with van der Waals surface area (Å²) in [5, 5.41) is 15.3. The van der Waals surface area contributed by atoms with Crippen molar-refractivity contribution in [2.75, 3.05) is 30.8 Å². The number of aromatic nitrogens is 2. The number of aryl methyl sites for hydroxylation is 2. The third-order valence-electron chi connectivity index (χ3n) is 5.68. The third kappa shape index (κ3) is 5.31. The molecule has 172 valence electrons. The summed E-state index contributed by atoms with van der Waals surface area (Å²) in [6.45, 7) is 5.09. The number of para-hydroxylation sites is 1. The fraction of sp³-hybridized carbons (Fsp3) is 0.333. The number of anilines is 2. The molecule has 8 nitrogen and oxygen atoms in total. The molecular formula is C24H27N5O3S. The van der Waals surface area contributed by atoms with E-state index in [4.69, 9.17) is 4.74 Å². The number of carbonyl (C=O) groups excluding carboxylic acids is 2. The summed E-state index contributed by atoms with van der Waals surface area (Å²) < 4.78 is 5.37. The number of rotatable bonds is 5. The van der Waals surface area contributed by atoms with Gasteiger partial charge < -0.3 is 20.3 Å². The summed E-state index contributed by atoms with van der Waals surface area (Å²) >= 11 is 1.29. The van der Waals surface area contributed by atoms with Crippen LogP contribution in [-0.2, 0) is 0 Å². The Morgan fingerprint density at radius 2 is 1.91 bits per heavy atom. The van der Waals surface area contributed by atoms with E-state index >= 15 is 0 Å². The zero-order valence-electron chi connectivity index (χ0n) is 18.9. The number of urea groups is 1. The first kappa shape index (κ1) is 22.7. The van der Waals surface area contributed by atoms with Gasteiger partial charge in [0, 0.05) is 24.7 Å². The predicted octanol–water partition coefficient (Wildman–Crippen LogP) is 4.83. The number of amides is 3. The van der Waals surface area contributed by atoms with Crippen LogP contribution in [0.15, 0.2) is 42.5 Å². The molecule has 0 radical (unpaired) electrons. The second-order valence-corrected chi connectivity index (χ2v) is 9.14. The molecule has 9 heteroatoms. The van der Waals surface area contributed by atoms with Crippen LogP contribution in [-0.4, -0.2) is 47.2 Å². The van der Waals surface area contributed by atoms with Gasteiger partial charge in [-0.15, -0.1) is 10.2 Å². The average molecular weight is 466 g/mol. The van der Waals surface area contributed by atoms with Gasteiger partial charge in [-0.25, -0.2) is 4.79 Å². The van der Waals surface area contributed by atoms with Crippen LogP contribution in [0.5, 0.6) is 5.75 Å². The summed E-state index contributed by atoms with van der Waals surface area (Å²) in [4.78, 5) is 27.4. The van der Waals surface area contributed by atoms with E-state index in [1.807, 2.05) is 56.3 Å². The van der Waals surface area contributed by atoms with Gasteiger partial charge in [-0.3, -0.25) is 4.79 Å². The molecule has 1 aliphatic rings. The van der Waals surface area contributed by atoms with E-state index in [0.717, 1.165) is 34.7 Å². The number of benzene rings is 2. The standard InChI is InChI=1S/C24H27N5O3S/c1-15-10-11-20(32-3)19(13-15)26-24(31)29-12-6-8-17(14-29)22-27-28-23(33-22)21(30)25-18-9-5-4-7-16(18)2/h4-5,7,9-11,13,17H,6,8,12,14H2,1-3H3,(H,25,30)(H,26,31)/t17-/m1/s1. The lowest BCUT2D eigenvalue weighted by molar-refractivity contribution is 0.102. The molecular weight excluding hydrogens is 438 g/mol. The zero-order valence-corrected chi connectivity index (χ0v) is 19.7. The molecule has 1 atom stereocenters. The topological polar surface area (TPSA) is 96.4 Å². The summed E-state index contributed by atoms with van der Waals surface area (Å²) in [6.07, 6.45) is 1.75.